The summed E-state index contributed by atoms with van der Waals surface area (Å²) in [6.45, 7) is 2.86. The second-order valence-electron chi connectivity index (χ2n) is 5.90. The first kappa shape index (κ1) is 13.3. The van der Waals surface area contributed by atoms with Crippen LogP contribution in [0.2, 0.25) is 0 Å². The number of fused-ring (bicyclic) bond motifs is 1. The molecule has 1 aliphatic heterocycles. The van der Waals surface area contributed by atoms with Gasteiger partial charge in [0.25, 0.3) is 0 Å². The Kier molecular flexibility index (Phi) is 3.47. The van der Waals surface area contributed by atoms with Gasteiger partial charge in [0.05, 0.1) is 5.69 Å². The van der Waals surface area contributed by atoms with Gasteiger partial charge in [-0.2, -0.15) is 0 Å². The Balaban J connectivity index is 1.47. The number of hydrogen-bond donors (Lipinski definition) is 0. The summed E-state index contributed by atoms with van der Waals surface area (Å²) < 4.78 is 1.02. The van der Waals surface area contributed by atoms with Crippen LogP contribution in [-0.4, -0.2) is 26.4 Å². The molecule has 0 N–H and O–H groups in total. The van der Waals surface area contributed by atoms with Crippen molar-refractivity contribution in [3.05, 3.63) is 51.8 Å². The van der Waals surface area contributed by atoms with Gasteiger partial charge in [-0.3, -0.25) is 9.88 Å². The Bertz CT molecular complexity index is 652. The molecule has 0 spiro atoms. The standard InChI is InChI=1S/C16H17BrN4/c17-13-3-4-14(18-8-13)10-21-6-5-15-12(9-21)7-19-16(20-15)11-1-2-11/h3-4,7-8,11H,1-2,5-6,9-10H2. The fourth-order valence-corrected chi connectivity index (χ4v) is 3.03. The third-order valence-corrected chi connectivity index (χ3v) is 4.62. The summed E-state index contributed by atoms with van der Waals surface area (Å²) in [5.74, 6) is 1.71. The maximum absolute atomic E-state index is 4.77. The van der Waals surface area contributed by atoms with Crippen LogP contribution in [0.3, 0.4) is 0 Å². The zero-order chi connectivity index (χ0) is 14.2. The topological polar surface area (TPSA) is 41.9 Å². The summed E-state index contributed by atoms with van der Waals surface area (Å²) in [6, 6.07) is 4.12. The van der Waals surface area contributed by atoms with Gasteiger partial charge < -0.3 is 0 Å². The lowest BCUT2D eigenvalue weighted by Crippen LogP contribution is -2.31. The van der Waals surface area contributed by atoms with Crippen molar-refractivity contribution in [2.24, 2.45) is 0 Å². The van der Waals surface area contributed by atoms with Crippen LogP contribution in [0.5, 0.6) is 0 Å². The molecular weight excluding hydrogens is 328 g/mol. The number of rotatable bonds is 3. The second kappa shape index (κ2) is 5.46. The molecule has 0 saturated heterocycles. The first-order valence-corrected chi connectivity index (χ1v) is 8.25. The van der Waals surface area contributed by atoms with Crippen LogP contribution in [0.15, 0.2) is 29.0 Å². The van der Waals surface area contributed by atoms with Crippen LogP contribution in [-0.2, 0) is 19.5 Å². The summed E-state index contributed by atoms with van der Waals surface area (Å²) in [4.78, 5) is 16.2. The average molecular weight is 345 g/mol. The van der Waals surface area contributed by atoms with E-state index in [1.807, 2.05) is 18.5 Å². The lowest BCUT2D eigenvalue weighted by atomic mass is 10.1. The van der Waals surface area contributed by atoms with Gasteiger partial charge in [-0.15, -0.1) is 0 Å². The minimum atomic E-state index is 0.639. The third kappa shape index (κ3) is 2.99. The Morgan fingerprint density at radius 2 is 2.10 bits per heavy atom. The summed E-state index contributed by atoms with van der Waals surface area (Å²) in [6.07, 6.45) is 7.45. The number of aromatic nitrogens is 3. The molecule has 4 nitrogen and oxygen atoms in total. The van der Waals surface area contributed by atoms with Gasteiger partial charge in [-0.05, 0) is 40.9 Å². The van der Waals surface area contributed by atoms with E-state index in [1.54, 1.807) is 0 Å². The number of nitrogens with zero attached hydrogens (tertiary/aromatic N) is 4. The molecule has 0 amide bonds. The first-order valence-electron chi connectivity index (χ1n) is 7.45. The van der Waals surface area contributed by atoms with E-state index in [9.17, 15) is 0 Å². The molecule has 0 unspecified atom stereocenters. The van der Waals surface area contributed by atoms with Gasteiger partial charge in [0.2, 0.25) is 0 Å². The van der Waals surface area contributed by atoms with Gasteiger partial charge in [0, 0.05) is 60.1 Å². The molecule has 1 aliphatic carbocycles. The van der Waals surface area contributed by atoms with Crippen molar-refractivity contribution in [3.8, 4) is 0 Å². The monoisotopic (exact) mass is 344 g/mol. The van der Waals surface area contributed by atoms with E-state index < -0.39 is 0 Å². The van der Waals surface area contributed by atoms with E-state index >= 15 is 0 Å². The summed E-state index contributed by atoms with van der Waals surface area (Å²) in [5.41, 5.74) is 3.65. The van der Waals surface area contributed by atoms with E-state index in [0.717, 1.165) is 42.0 Å². The van der Waals surface area contributed by atoms with E-state index in [4.69, 9.17) is 4.98 Å². The van der Waals surface area contributed by atoms with Gasteiger partial charge >= 0.3 is 0 Å². The molecule has 0 bridgehead atoms. The van der Waals surface area contributed by atoms with Crippen LogP contribution >= 0.6 is 15.9 Å². The molecule has 2 aliphatic rings. The van der Waals surface area contributed by atoms with E-state index in [2.05, 4.69) is 36.9 Å². The molecule has 4 rings (SSSR count). The Labute approximate surface area is 132 Å². The molecule has 2 aromatic heterocycles. The van der Waals surface area contributed by atoms with Crippen LogP contribution < -0.4 is 0 Å². The molecule has 1 saturated carbocycles. The van der Waals surface area contributed by atoms with Crippen LogP contribution in [0, 0.1) is 0 Å². The highest BCUT2D eigenvalue weighted by molar-refractivity contribution is 9.10. The number of pyridine rings is 1. The normalized spacial score (nSPS) is 18.5. The molecule has 1 fully saturated rings. The van der Waals surface area contributed by atoms with Crippen molar-refractivity contribution >= 4 is 15.9 Å². The largest absolute Gasteiger partial charge is 0.293 e. The van der Waals surface area contributed by atoms with Gasteiger partial charge in [0.1, 0.15) is 5.82 Å². The van der Waals surface area contributed by atoms with Crippen molar-refractivity contribution in [1.82, 2.24) is 19.9 Å². The number of halogens is 1. The third-order valence-electron chi connectivity index (χ3n) is 4.15. The zero-order valence-corrected chi connectivity index (χ0v) is 13.4. The molecule has 21 heavy (non-hydrogen) atoms. The van der Waals surface area contributed by atoms with E-state index in [-0.39, 0.29) is 0 Å². The van der Waals surface area contributed by atoms with Crippen molar-refractivity contribution < 1.29 is 0 Å². The SMILES string of the molecule is Brc1ccc(CN2CCc3nc(C4CC4)ncc3C2)nc1. The average Bonchev–Trinajstić information content (AvgIpc) is 3.34. The van der Waals surface area contributed by atoms with Gasteiger partial charge in [-0.25, -0.2) is 9.97 Å². The van der Waals surface area contributed by atoms with Gasteiger partial charge in [-0.1, -0.05) is 0 Å². The quantitative estimate of drug-likeness (QED) is 0.857. The molecule has 5 heteroatoms. The molecule has 0 atom stereocenters. The van der Waals surface area contributed by atoms with Crippen LogP contribution in [0.4, 0.5) is 0 Å². The highest BCUT2D eigenvalue weighted by Crippen LogP contribution is 2.38. The Morgan fingerprint density at radius 1 is 1.19 bits per heavy atom. The Hall–Kier alpha value is -1.33. The van der Waals surface area contributed by atoms with Crippen LogP contribution in [0.25, 0.3) is 0 Å². The van der Waals surface area contributed by atoms with Gasteiger partial charge in [0.15, 0.2) is 0 Å². The van der Waals surface area contributed by atoms with Crippen LogP contribution in [0.1, 0.15) is 41.5 Å². The minimum Gasteiger partial charge on any atom is -0.293 e. The predicted octanol–water partition coefficient (Wildman–Crippen LogP) is 3.07. The fraction of sp³-hybridized carbons (Fsp3) is 0.438. The fourth-order valence-electron chi connectivity index (χ4n) is 2.79. The van der Waals surface area contributed by atoms with Crippen molar-refractivity contribution in [2.45, 2.75) is 38.3 Å². The van der Waals surface area contributed by atoms with E-state index in [1.165, 1.54) is 24.1 Å². The van der Waals surface area contributed by atoms with Crippen molar-refractivity contribution in [3.63, 3.8) is 0 Å². The number of hydrogen-bond acceptors (Lipinski definition) is 4. The highest BCUT2D eigenvalue weighted by atomic mass is 79.9. The van der Waals surface area contributed by atoms with E-state index in [0.29, 0.717) is 5.92 Å². The maximum atomic E-state index is 4.77. The lowest BCUT2D eigenvalue weighted by molar-refractivity contribution is 0.239. The smallest absolute Gasteiger partial charge is 0.131 e. The molecular formula is C16H17BrN4. The molecule has 0 aromatic carbocycles. The molecule has 3 heterocycles. The highest BCUT2D eigenvalue weighted by Gasteiger charge is 2.28. The predicted molar refractivity (Wildman–Crippen MR) is 83.8 cm³/mol. The second-order valence-corrected chi connectivity index (χ2v) is 6.82. The first-order chi connectivity index (χ1) is 10.3. The lowest BCUT2D eigenvalue weighted by Gasteiger charge is -2.27. The van der Waals surface area contributed by atoms with Crippen molar-refractivity contribution in [1.29, 1.82) is 0 Å². The Morgan fingerprint density at radius 3 is 2.86 bits per heavy atom. The summed E-state index contributed by atoms with van der Waals surface area (Å²) in [7, 11) is 0. The molecule has 0 radical (unpaired) electrons. The minimum absolute atomic E-state index is 0.639. The zero-order valence-electron chi connectivity index (χ0n) is 11.8. The maximum Gasteiger partial charge on any atom is 0.131 e. The molecule has 2 aromatic rings. The van der Waals surface area contributed by atoms with Crippen molar-refractivity contribution in [2.75, 3.05) is 6.54 Å². The summed E-state index contributed by atoms with van der Waals surface area (Å²) >= 11 is 3.42. The molecule has 108 valence electrons. The summed E-state index contributed by atoms with van der Waals surface area (Å²) in [5, 5.41) is 0.